The Labute approximate surface area is 154 Å². The summed E-state index contributed by atoms with van der Waals surface area (Å²) in [6.07, 6.45) is 0. The molecular formula is C9H6Cl2KNO5. The zero-order valence-electron chi connectivity index (χ0n) is 8.40. The van der Waals surface area contributed by atoms with Gasteiger partial charge >= 0.3 is 57.4 Å². The molecule has 0 saturated heterocycles. The molecule has 6 nitrogen and oxygen atoms in total. The van der Waals surface area contributed by atoms with Crippen LogP contribution in [-0.4, -0.2) is 68.1 Å². The van der Waals surface area contributed by atoms with E-state index >= 15 is 0 Å². The van der Waals surface area contributed by atoms with Gasteiger partial charge in [-0.15, -0.1) is 0 Å². The van der Waals surface area contributed by atoms with Crippen LogP contribution in [0.1, 0.15) is 6.92 Å². The first-order valence-corrected chi connectivity index (χ1v) is 4.94. The number of nitro groups is 1. The van der Waals surface area contributed by atoms with Crippen LogP contribution in [0.5, 0.6) is 5.75 Å². The monoisotopic (exact) mass is 317 g/mol. The number of hydrogen-bond donors (Lipinski definition) is 0. The van der Waals surface area contributed by atoms with E-state index in [0.29, 0.717) is 0 Å². The molecule has 0 N–H and O–H groups in total. The van der Waals surface area contributed by atoms with E-state index in [2.05, 4.69) is 4.74 Å². The fraction of sp³-hybridized carbons (Fsp3) is 0.111. The fourth-order valence-electron chi connectivity index (χ4n) is 0.921. The van der Waals surface area contributed by atoms with Crippen molar-refractivity contribution < 1.29 is 19.2 Å². The van der Waals surface area contributed by atoms with Gasteiger partial charge in [-0.2, -0.15) is 0 Å². The van der Waals surface area contributed by atoms with Crippen LogP contribution >= 0.6 is 23.2 Å². The zero-order chi connectivity index (χ0) is 13.2. The number of nitro benzene ring substituents is 1. The average Bonchev–Trinajstić information content (AvgIpc) is 2.22. The van der Waals surface area contributed by atoms with Crippen molar-refractivity contribution in [3.63, 3.8) is 0 Å². The third-order valence-corrected chi connectivity index (χ3v) is 2.47. The number of esters is 1. The van der Waals surface area contributed by atoms with Crippen molar-refractivity contribution >= 4 is 92.0 Å². The van der Waals surface area contributed by atoms with Gasteiger partial charge in [0.25, 0.3) is 5.69 Å². The Bertz CT molecular complexity index is 520. The van der Waals surface area contributed by atoms with Crippen molar-refractivity contribution in [2.75, 3.05) is 0 Å². The number of carbonyl (C=O) groups excluding carboxylic acids is 2. The molecule has 0 atom stereocenters. The normalized spacial score (nSPS) is 9.28. The SMILES string of the molecule is CC(=O)C(=O)Oc1cc(Cl)c(Cl)c([N+](=O)[O-])c1.[KH]. The minimum absolute atomic E-state index is 0. The second-order valence-electron chi connectivity index (χ2n) is 2.94. The van der Waals surface area contributed by atoms with Gasteiger partial charge in [-0.1, -0.05) is 23.2 Å². The molecule has 0 saturated carbocycles. The van der Waals surface area contributed by atoms with Gasteiger partial charge in [0.1, 0.15) is 10.8 Å². The molecule has 0 aliphatic rings. The molecule has 0 aromatic heterocycles. The van der Waals surface area contributed by atoms with Crippen LogP contribution in [0.4, 0.5) is 5.69 Å². The van der Waals surface area contributed by atoms with E-state index in [1.807, 2.05) is 0 Å². The number of nitrogens with zero attached hydrogens (tertiary/aromatic N) is 1. The van der Waals surface area contributed by atoms with Crippen LogP contribution in [0.25, 0.3) is 0 Å². The van der Waals surface area contributed by atoms with Gasteiger partial charge in [0.05, 0.1) is 16.0 Å². The summed E-state index contributed by atoms with van der Waals surface area (Å²) < 4.78 is 4.57. The molecule has 92 valence electrons. The van der Waals surface area contributed by atoms with E-state index in [1.54, 1.807) is 0 Å². The van der Waals surface area contributed by atoms with Crippen LogP contribution in [0.2, 0.25) is 10.0 Å². The Hall–Kier alpha value is -0.0236. The van der Waals surface area contributed by atoms with Gasteiger partial charge in [0.2, 0.25) is 5.78 Å². The number of ketones is 1. The Morgan fingerprint density at radius 3 is 2.33 bits per heavy atom. The molecule has 1 rings (SSSR count). The summed E-state index contributed by atoms with van der Waals surface area (Å²) in [5, 5.41) is 10.2. The average molecular weight is 318 g/mol. The Morgan fingerprint density at radius 2 is 1.89 bits per heavy atom. The molecule has 9 heteroatoms. The second kappa shape index (κ2) is 7.54. The first kappa shape index (κ1) is 18.0. The van der Waals surface area contributed by atoms with Crippen molar-refractivity contribution in [1.82, 2.24) is 0 Å². The Morgan fingerprint density at radius 1 is 1.33 bits per heavy atom. The third-order valence-electron chi connectivity index (χ3n) is 1.68. The van der Waals surface area contributed by atoms with Gasteiger partial charge in [-0.05, 0) is 0 Å². The van der Waals surface area contributed by atoms with Gasteiger partial charge < -0.3 is 4.74 Å². The maximum absolute atomic E-state index is 11.0. The molecule has 0 unspecified atom stereocenters. The first-order valence-electron chi connectivity index (χ1n) is 4.19. The van der Waals surface area contributed by atoms with Crippen molar-refractivity contribution in [1.29, 1.82) is 0 Å². The summed E-state index contributed by atoms with van der Waals surface area (Å²) in [7, 11) is 0. The predicted octanol–water partition coefficient (Wildman–Crippen LogP) is 1.75. The Kier molecular flexibility index (Phi) is 7.53. The van der Waals surface area contributed by atoms with Gasteiger partial charge in [0, 0.05) is 13.0 Å². The molecule has 0 spiro atoms. The second-order valence-corrected chi connectivity index (χ2v) is 3.73. The van der Waals surface area contributed by atoms with Gasteiger partial charge in [0.15, 0.2) is 0 Å². The number of ether oxygens (including phenoxy) is 1. The number of benzene rings is 1. The summed E-state index contributed by atoms with van der Waals surface area (Å²) >= 11 is 11.2. The van der Waals surface area contributed by atoms with E-state index in [-0.39, 0.29) is 67.2 Å². The number of hydrogen-bond acceptors (Lipinski definition) is 5. The minimum atomic E-state index is -1.14. The molecule has 0 amide bonds. The quantitative estimate of drug-likeness (QED) is 0.212. The standard InChI is InChI=1S/C9H5Cl2NO5.K.H/c1-4(13)9(14)17-5-2-6(10)8(11)7(3-5)12(15)16;;/h2-3H,1H3;;. The van der Waals surface area contributed by atoms with Gasteiger partial charge in [-0.3, -0.25) is 14.9 Å². The molecule has 0 bridgehead atoms. The van der Waals surface area contributed by atoms with Crippen LogP contribution in [0.15, 0.2) is 12.1 Å². The third kappa shape index (κ3) is 4.58. The molecule has 0 fully saturated rings. The maximum atomic E-state index is 11.0. The summed E-state index contributed by atoms with van der Waals surface area (Å²) in [5.74, 6) is -2.19. The molecule has 0 radical (unpaired) electrons. The summed E-state index contributed by atoms with van der Waals surface area (Å²) in [4.78, 5) is 31.4. The Balaban J connectivity index is 0.00000289. The molecular weight excluding hydrogens is 312 g/mol. The molecule has 1 aromatic carbocycles. The number of rotatable bonds is 3. The topological polar surface area (TPSA) is 86.5 Å². The summed E-state index contributed by atoms with van der Waals surface area (Å²) in [5.41, 5.74) is -0.509. The summed E-state index contributed by atoms with van der Waals surface area (Å²) in [6, 6.07) is 2.02. The summed E-state index contributed by atoms with van der Waals surface area (Å²) in [6.45, 7) is 1.01. The van der Waals surface area contributed by atoms with Crippen molar-refractivity contribution in [2.45, 2.75) is 6.92 Å². The van der Waals surface area contributed by atoms with E-state index in [9.17, 15) is 19.7 Å². The number of halogens is 2. The van der Waals surface area contributed by atoms with Gasteiger partial charge in [-0.25, -0.2) is 4.79 Å². The first-order chi connectivity index (χ1) is 7.82. The molecule has 0 aliphatic heterocycles. The van der Waals surface area contributed by atoms with Crippen LogP contribution in [0, 0.1) is 10.1 Å². The van der Waals surface area contributed by atoms with E-state index in [1.165, 1.54) is 0 Å². The number of carbonyl (C=O) groups is 2. The van der Waals surface area contributed by atoms with Crippen LogP contribution in [-0.2, 0) is 9.59 Å². The predicted molar refractivity (Wildman–Crippen MR) is 66.6 cm³/mol. The molecule has 1 aromatic rings. The van der Waals surface area contributed by atoms with E-state index in [4.69, 9.17) is 23.2 Å². The zero-order valence-corrected chi connectivity index (χ0v) is 9.91. The van der Waals surface area contributed by atoms with Crippen LogP contribution < -0.4 is 4.74 Å². The fourth-order valence-corrected chi connectivity index (χ4v) is 1.30. The molecule has 18 heavy (non-hydrogen) atoms. The number of Topliss-reactive ketones (excluding diaryl/α,β-unsaturated/α-hetero) is 1. The van der Waals surface area contributed by atoms with Crippen molar-refractivity contribution in [3.05, 3.63) is 32.3 Å². The van der Waals surface area contributed by atoms with E-state index in [0.717, 1.165) is 19.1 Å². The molecule has 0 heterocycles. The van der Waals surface area contributed by atoms with Crippen molar-refractivity contribution in [2.24, 2.45) is 0 Å². The molecule has 0 aliphatic carbocycles. The van der Waals surface area contributed by atoms with Crippen molar-refractivity contribution in [3.8, 4) is 5.75 Å². The van der Waals surface area contributed by atoms with Crippen LogP contribution in [0.3, 0.4) is 0 Å². The van der Waals surface area contributed by atoms with E-state index < -0.39 is 22.4 Å².